The van der Waals surface area contributed by atoms with Crippen molar-refractivity contribution in [1.82, 2.24) is 4.57 Å². The number of hydrogen-bond acceptors (Lipinski definition) is 0. The van der Waals surface area contributed by atoms with E-state index in [1.165, 1.54) is 34.4 Å². The highest BCUT2D eigenvalue weighted by Gasteiger charge is 2.20. The maximum absolute atomic E-state index is 13.4. The Kier molecular flexibility index (Phi) is 4.18. The van der Waals surface area contributed by atoms with E-state index < -0.39 is 0 Å². The molecule has 3 aromatic carbocycles. The highest BCUT2D eigenvalue weighted by Crippen LogP contribution is 2.40. The second-order valence-corrected chi connectivity index (χ2v) is 6.46. The summed E-state index contributed by atoms with van der Waals surface area (Å²) in [6, 6.07) is 27.6. The van der Waals surface area contributed by atoms with Crippen molar-refractivity contribution in [3.63, 3.8) is 0 Å². The van der Waals surface area contributed by atoms with Crippen molar-refractivity contribution in [1.29, 1.82) is 0 Å². The summed E-state index contributed by atoms with van der Waals surface area (Å²) < 4.78 is 15.6. The zero-order valence-electron chi connectivity index (χ0n) is 14.9. The van der Waals surface area contributed by atoms with Gasteiger partial charge in [0.05, 0.1) is 0 Å². The Labute approximate surface area is 153 Å². The van der Waals surface area contributed by atoms with E-state index in [4.69, 9.17) is 0 Å². The van der Waals surface area contributed by atoms with Gasteiger partial charge in [-0.3, -0.25) is 0 Å². The fraction of sp³-hybridized carbons (Fsp3) is 0.0833. The van der Waals surface area contributed by atoms with Gasteiger partial charge in [0.15, 0.2) is 0 Å². The van der Waals surface area contributed by atoms with E-state index in [0.717, 1.165) is 17.1 Å². The second-order valence-electron chi connectivity index (χ2n) is 6.46. The average Bonchev–Trinajstić information content (AvgIpc) is 2.94. The Hall–Kier alpha value is -3.13. The summed E-state index contributed by atoms with van der Waals surface area (Å²) in [5.41, 5.74) is 8.09. The van der Waals surface area contributed by atoms with Crippen LogP contribution in [-0.2, 0) is 0 Å². The van der Waals surface area contributed by atoms with Gasteiger partial charge in [0.1, 0.15) is 5.82 Å². The predicted octanol–water partition coefficient (Wildman–Crippen LogP) is 6.57. The lowest BCUT2D eigenvalue weighted by Crippen LogP contribution is -1.99. The molecule has 4 aromatic rings. The molecular weight excluding hydrogens is 321 g/mol. The van der Waals surface area contributed by atoms with Gasteiger partial charge in [-0.2, -0.15) is 0 Å². The molecule has 0 aliphatic carbocycles. The van der Waals surface area contributed by atoms with Crippen LogP contribution in [-0.4, -0.2) is 4.57 Å². The van der Waals surface area contributed by atoms with Gasteiger partial charge in [0, 0.05) is 28.2 Å². The summed E-state index contributed by atoms with van der Waals surface area (Å²) in [6.45, 7) is 4.26. The lowest BCUT2D eigenvalue weighted by atomic mass is 9.95. The van der Waals surface area contributed by atoms with Crippen LogP contribution in [0.4, 0.5) is 4.39 Å². The van der Waals surface area contributed by atoms with Crippen LogP contribution < -0.4 is 0 Å². The number of aromatic nitrogens is 1. The molecule has 128 valence electrons. The maximum atomic E-state index is 13.4. The molecule has 1 nitrogen and oxygen atoms in total. The third kappa shape index (κ3) is 2.74. The third-order valence-electron chi connectivity index (χ3n) is 4.85. The highest BCUT2D eigenvalue weighted by molar-refractivity contribution is 5.88. The molecular formula is C24H20FN. The molecule has 0 atom stereocenters. The fourth-order valence-electron chi connectivity index (χ4n) is 3.73. The molecule has 1 aromatic heterocycles. The van der Waals surface area contributed by atoms with E-state index in [0.29, 0.717) is 0 Å². The van der Waals surface area contributed by atoms with Crippen molar-refractivity contribution in [2.45, 2.75) is 13.8 Å². The first-order valence-electron chi connectivity index (χ1n) is 8.75. The molecule has 26 heavy (non-hydrogen) atoms. The first-order chi connectivity index (χ1) is 12.7. The summed E-state index contributed by atoms with van der Waals surface area (Å²) in [6.07, 6.45) is 0. The molecule has 2 heteroatoms. The molecule has 0 unspecified atom stereocenters. The SMILES string of the molecule is Cc1c(-c2ccccc2)c(-c2ccccc2)c(C)n1-c1ccc(F)cc1. The van der Waals surface area contributed by atoms with E-state index in [2.05, 4.69) is 66.9 Å². The minimum absolute atomic E-state index is 0.220. The maximum Gasteiger partial charge on any atom is 0.123 e. The lowest BCUT2D eigenvalue weighted by Gasteiger charge is -2.10. The lowest BCUT2D eigenvalue weighted by molar-refractivity contribution is 0.627. The normalized spacial score (nSPS) is 10.9. The molecule has 0 saturated heterocycles. The van der Waals surface area contributed by atoms with E-state index in [1.807, 2.05) is 24.3 Å². The van der Waals surface area contributed by atoms with Crippen LogP contribution in [0.2, 0.25) is 0 Å². The van der Waals surface area contributed by atoms with E-state index in [-0.39, 0.29) is 5.82 Å². The summed E-state index contributed by atoms with van der Waals surface area (Å²) in [5.74, 6) is -0.220. The van der Waals surface area contributed by atoms with Crippen molar-refractivity contribution in [2.75, 3.05) is 0 Å². The molecule has 0 fully saturated rings. The Balaban J connectivity index is 2.04. The Morgan fingerprint density at radius 1 is 0.577 bits per heavy atom. The van der Waals surface area contributed by atoms with Crippen molar-refractivity contribution in [3.05, 3.63) is 102 Å². The quantitative estimate of drug-likeness (QED) is 0.397. The van der Waals surface area contributed by atoms with E-state index in [9.17, 15) is 4.39 Å². The van der Waals surface area contributed by atoms with Crippen molar-refractivity contribution in [3.8, 4) is 27.9 Å². The number of nitrogens with zero attached hydrogens (tertiary/aromatic N) is 1. The molecule has 0 amide bonds. The standard InChI is InChI=1S/C24H20FN/c1-17-23(19-9-5-3-6-10-19)24(20-11-7-4-8-12-20)18(2)26(17)22-15-13-21(25)14-16-22/h3-16H,1-2H3. The number of benzene rings is 3. The van der Waals surface area contributed by atoms with Gasteiger partial charge in [0.2, 0.25) is 0 Å². The zero-order chi connectivity index (χ0) is 18.1. The van der Waals surface area contributed by atoms with Crippen LogP contribution in [0, 0.1) is 19.7 Å². The summed E-state index contributed by atoms with van der Waals surface area (Å²) >= 11 is 0. The summed E-state index contributed by atoms with van der Waals surface area (Å²) in [4.78, 5) is 0. The predicted molar refractivity (Wildman–Crippen MR) is 106 cm³/mol. The van der Waals surface area contributed by atoms with Gasteiger partial charge in [-0.05, 0) is 49.2 Å². The van der Waals surface area contributed by atoms with Crippen LogP contribution in [0.25, 0.3) is 27.9 Å². The number of rotatable bonds is 3. The van der Waals surface area contributed by atoms with Gasteiger partial charge in [0.25, 0.3) is 0 Å². The first kappa shape index (κ1) is 16.3. The Bertz CT molecular complexity index is 966. The monoisotopic (exact) mass is 341 g/mol. The average molecular weight is 341 g/mol. The molecule has 4 rings (SSSR count). The largest absolute Gasteiger partial charge is 0.317 e. The van der Waals surface area contributed by atoms with Crippen LogP contribution in [0.3, 0.4) is 0 Å². The Morgan fingerprint density at radius 3 is 1.42 bits per heavy atom. The number of halogens is 1. The highest BCUT2D eigenvalue weighted by atomic mass is 19.1. The second kappa shape index (κ2) is 6.64. The smallest absolute Gasteiger partial charge is 0.123 e. The van der Waals surface area contributed by atoms with Crippen LogP contribution in [0.1, 0.15) is 11.4 Å². The van der Waals surface area contributed by atoms with Crippen LogP contribution >= 0.6 is 0 Å². The Morgan fingerprint density at radius 2 is 1.00 bits per heavy atom. The molecule has 0 bridgehead atoms. The van der Waals surface area contributed by atoms with Crippen LogP contribution in [0.5, 0.6) is 0 Å². The molecule has 0 aliphatic heterocycles. The molecule has 0 N–H and O–H groups in total. The molecule has 0 spiro atoms. The summed E-state index contributed by atoms with van der Waals surface area (Å²) in [5, 5.41) is 0. The van der Waals surface area contributed by atoms with Gasteiger partial charge in [-0.25, -0.2) is 4.39 Å². The topological polar surface area (TPSA) is 4.93 Å². The minimum Gasteiger partial charge on any atom is -0.317 e. The molecule has 0 saturated carbocycles. The fourth-order valence-corrected chi connectivity index (χ4v) is 3.73. The van der Waals surface area contributed by atoms with Crippen molar-refractivity contribution < 1.29 is 4.39 Å². The van der Waals surface area contributed by atoms with Gasteiger partial charge in [-0.1, -0.05) is 60.7 Å². The molecule has 0 aliphatic rings. The van der Waals surface area contributed by atoms with Gasteiger partial charge in [-0.15, -0.1) is 0 Å². The van der Waals surface area contributed by atoms with Crippen molar-refractivity contribution >= 4 is 0 Å². The van der Waals surface area contributed by atoms with Gasteiger partial charge < -0.3 is 4.57 Å². The number of hydrogen-bond donors (Lipinski definition) is 0. The summed E-state index contributed by atoms with van der Waals surface area (Å²) in [7, 11) is 0. The van der Waals surface area contributed by atoms with E-state index in [1.54, 1.807) is 0 Å². The van der Waals surface area contributed by atoms with E-state index >= 15 is 0 Å². The van der Waals surface area contributed by atoms with Crippen LogP contribution in [0.15, 0.2) is 84.9 Å². The molecule has 0 radical (unpaired) electrons. The minimum atomic E-state index is -0.220. The van der Waals surface area contributed by atoms with Gasteiger partial charge >= 0.3 is 0 Å². The van der Waals surface area contributed by atoms with Crippen molar-refractivity contribution in [2.24, 2.45) is 0 Å². The first-order valence-corrected chi connectivity index (χ1v) is 8.75. The third-order valence-corrected chi connectivity index (χ3v) is 4.85. The zero-order valence-corrected chi connectivity index (χ0v) is 14.9. The molecule has 1 heterocycles.